The highest BCUT2D eigenvalue weighted by atomic mass is 19.1. The van der Waals surface area contributed by atoms with Crippen LogP contribution in [0.2, 0.25) is 0 Å². The maximum Gasteiger partial charge on any atom is 0.130 e. The third-order valence-electron chi connectivity index (χ3n) is 1.53. The lowest BCUT2D eigenvalue weighted by Crippen LogP contribution is -2.13. The molecular formula is C9H11FN2O. The van der Waals surface area contributed by atoms with E-state index in [2.05, 4.69) is 0 Å². The van der Waals surface area contributed by atoms with Gasteiger partial charge in [-0.25, -0.2) is 4.39 Å². The molecule has 13 heavy (non-hydrogen) atoms. The summed E-state index contributed by atoms with van der Waals surface area (Å²) in [4.78, 5) is 0. The first-order valence-electron chi connectivity index (χ1n) is 3.92. The van der Waals surface area contributed by atoms with Crippen LogP contribution in [0.15, 0.2) is 18.2 Å². The number of halogens is 1. The molecule has 3 nitrogen and oxygen atoms in total. The second-order valence-corrected chi connectivity index (χ2v) is 2.49. The molecule has 3 N–H and O–H groups in total. The molecule has 4 heteroatoms. The van der Waals surface area contributed by atoms with Crippen molar-refractivity contribution in [1.29, 1.82) is 5.41 Å². The normalized spacial score (nSPS) is 9.69. The first kappa shape index (κ1) is 9.51. The molecule has 0 aromatic heterocycles. The molecule has 0 saturated carbocycles. The van der Waals surface area contributed by atoms with Gasteiger partial charge in [0.25, 0.3) is 0 Å². The van der Waals surface area contributed by atoms with Crippen molar-refractivity contribution in [3.8, 4) is 5.75 Å². The monoisotopic (exact) mass is 182 g/mol. The smallest absolute Gasteiger partial charge is 0.130 e. The van der Waals surface area contributed by atoms with Crippen LogP contribution in [0.5, 0.6) is 5.75 Å². The van der Waals surface area contributed by atoms with E-state index in [-0.39, 0.29) is 5.84 Å². The average molecular weight is 182 g/mol. The number of amidine groups is 1. The van der Waals surface area contributed by atoms with Gasteiger partial charge in [0.15, 0.2) is 0 Å². The lowest BCUT2D eigenvalue weighted by Gasteiger charge is -2.08. The van der Waals surface area contributed by atoms with Gasteiger partial charge in [-0.1, -0.05) is 0 Å². The molecule has 0 fully saturated rings. The summed E-state index contributed by atoms with van der Waals surface area (Å²) in [6, 6.07) is 3.93. The summed E-state index contributed by atoms with van der Waals surface area (Å²) in [6.07, 6.45) is 0. The van der Waals surface area contributed by atoms with Gasteiger partial charge in [-0.3, -0.25) is 5.41 Å². The average Bonchev–Trinajstić information content (AvgIpc) is 2.08. The lowest BCUT2D eigenvalue weighted by molar-refractivity contribution is 0.339. The first-order valence-corrected chi connectivity index (χ1v) is 3.92. The zero-order valence-corrected chi connectivity index (χ0v) is 7.30. The molecule has 1 aromatic rings. The number of nitrogens with one attached hydrogen (secondary N) is 1. The Morgan fingerprint density at radius 1 is 1.62 bits per heavy atom. The Balaban J connectivity index is 3.10. The summed E-state index contributed by atoms with van der Waals surface area (Å²) in [5.74, 6) is -0.173. The van der Waals surface area contributed by atoms with Gasteiger partial charge in [0, 0.05) is 0 Å². The van der Waals surface area contributed by atoms with Gasteiger partial charge >= 0.3 is 0 Å². The van der Waals surface area contributed by atoms with Crippen molar-refractivity contribution in [2.45, 2.75) is 6.92 Å². The van der Waals surface area contributed by atoms with Crippen LogP contribution in [0, 0.1) is 11.2 Å². The predicted molar refractivity (Wildman–Crippen MR) is 48.6 cm³/mol. The lowest BCUT2D eigenvalue weighted by atomic mass is 10.2. The number of nitrogens with two attached hydrogens (primary N) is 1. The van der Waals surface area contributed by atoms with Crippen LogP contribution in [0.3, 0.4) is 0 Å². The number of ether oxygens (including phenoxy) is 1. The number of rotatable bonds is 3. The first-order chi connectivity index (χ1) is 6.15. The van der Waals surface area contributed by atoms with Crippen molar-refractivity contribution in [3.05, 3.63) is 29.6 Å². The van der Waals surface area contributed by atoms with E-state index in [0.717, 1.165) is 0 Å². The zero-order valence-electron chi connectivity index (χ0n) is 7.30. The SMILES string of the molecule is CCOc1ccc(F)cc1C(=N)N. The number of hydrogen-bond donors (Lipinski definition) is 2. The molecule has 0 unspecified atom stereocenters. The number of hydrogen-bond acceptors (Lipinski definition) is 2. The van der Waals surface area contributed by atoms with E-state index in [1.165, 1.54) is 18.2 Å². The molecule has 0 aliphatic rings. The van der Waals surface area contributed by atoms with Gasteiger partial charge in [-0.05, 0) is 25.1 Å². The van der Waals surface area contributed by atoms with Crippen LogP contribution in [-0.2, 0) is 0 Å². The molecule has 70 valence electrons. The Bertz CT molecular complexity index is 325. The van der Waals surface area contributed by atoms with E-state index < -0.39 is 5.82 Å². The topological polar surface area (TPSA) is 59.1 Å². The molecule has 0 aliphatic carbocycles. The maximum absolute atomic E-state index is 12.7. The minimum absolute atomic E-state index is 0.192. The van der Waals surface area contributed by atoms with E-state index in [1.807, 2.05) is 6.92 Å². The predicted octanol–water partition coefficient (Wildman–Crippen LogP) is 1.51. The molecule has 0 aliphatic heterocycles. The number of nitrogen functional groups attached to an aromatic ring is 1. The standard InChI is InChI=1S/C9H11FN2O/c1-2-13-8-4-3-6(10)5-7(8)9(11)12/h3-5H,2H2,1H3,(H3,11,12). The second-order valence-electron chi connectivity index (χ2n) is 2.49. The van der Waals surface area contributed by atoms with Crippen LogP contribution in [0.4, 0.5) is 4.39 Å². The molecule has 0 spiro atoms. The minimum atomic E-state index is -0.423. The summed E-state index contributed by atoms with van der Waals surface area (Å²) in [6.45, 7) is 2.28. The van der Waals surface area contributed by atoms with Crippen molar-refractivity contribution in [3.63, 3.8) is 0 Å². The molecule has 0 bridgehead atoms. The Morgan fingerprint density at radius 2 is 2.31 bits per heavy atom. The maximum atomic E-state index is 12.7. The van der Waals surface area contributed by atoms with E-state index in [0.29, 0.717) is 17.9 Å². The fourth-order valence-electron chi connectivity index (χ4n) is 0.994. The summed E-state index contributed by atoms with van der Waals surface area (Å²) in [5, 5.41) is 7.18. The van der Waals surface area contributed by atoms with Crippen molar-refractivity contribution in [2.24, 2.45) is 5.73 Å². The molecule has 0 radical (unpaired) electrons. The quantitative estimate of drug-likeness (QED) is 0.549. The van der Waals surface area contributed by atoms with Crippen LogP contribution >= 0.6 is 0 Å². The highest BCUT2D eigenvalue weighted by molar-refractivity contribution is 5.97. The third kappa shape index (κ3) is 2.18. The summed E-state index contributed by atoms with van der Waals surface area (Å²) < 4.78 is 17.9. The molecule has 0 heterocycles. The van der Waals surface area contributed by atoms with Crippen LogP contribution in [0.1, 0.15) is 12.5 Å². The fraction of sp³-hybridized carbons (Fsp3) is 0.222. The Labute approximate surface area is 75.8 Å². The molecule has 0 saturated heterocycles. The highest BCUT2D eigenvalue weighted by Gasteiger charge is 2.06. The van der Waals surface area contributed by atoms with Gasteiger partial charge in [0.05, 0.1) is 12.2 Å². The summed E-state index contributed by atoms with van der Waals surface area (Å²) >= 11 is 0. The van der Waals surface area contributed by atoms with Crippen LogP contribution in [-0.4, -0.2) is 12.4 Å². The van der Waals surface area contributed by atoms with Crippen LogP contribution < -0.4 is 10.5 Å². The van der Waals surface area contributed by atoms with Crippen molar-refractivity contribution in [1.82, 2.24) is 0 Å². The fourth-order valence-corrected chi connectivity index (χ4v) is 0.994. The number of benzene rings is 1. The molecule has 1 rings (SSSR count). The Kier molecular flexibility index (Phi) is 2.84. The van der Waals surface area contributed by atoms with Crippen molar-refractivity contribution < 1.29 is 9.13 Å². The van der Waals surface area contributed by atoms with Gasteiger partial charge in [0.1, 0.15) is 17.4 Å². The van der Waals surface area contributed by atoms with Crippen LogP contribution in [0.25, 0.3) is 0 Å². The van der Waals surface area contributed by atoms with Gasteiger partial charge in [-0.2, -0.15) is 0 Å². The molecule has 0 atom stereocenters. The minimum Gasteiger partial charge on any atom is -0.493 e. The van der Waals surface area contributed by atoms with Gasteiger partial charge in [-0.15, -0.1) is 0 Å². The van der Waals surface area contributed by atoms with E-state index >= 15 is 0 Å². The van der Waals surface area contributed by atoms with Crippen molar-refractivity contribution >= 4 is 5.84 Å². The van der Waals surface area contributed by atoms with E-state index in [1.54, 1.807) is 0 Å². The zero-order chi connectivity index (χ0) is 9.84. The molecular weight excluding hydrogens is 171 g/mol. The molecule has 0 amide bonds. The highest BCUT2D eigenvalue weighted by Crippen LogP contribution is 2.18. The van der Waals surface area contributed by atoms with Crippen molar-refractivity contribution in [2.75, 3.05) is 6.61 Å². The van der Waals surface area contributed by atoms with E-state index in [4.69, 9.17) is 15.9 Å². The second kappa shape index (κ2) is 3.89. The molecule has 1 aromatic carbocycles. The summed E-state index contributed by atoms with van der Waals surface area (Å²) in [7, 11) is 0. The van der Waals surface area contributed by atoms with Gasteiger partial charge in [0.2, 0.25) is 0 Å². The van der Waals surface area contributed by atoms with E-state index in [9.17, 15) is 4.39 Å². The third-order valence-corrected chi connectivity index (χ3v) is 1.53. The summed E-state index contributed by atoms with van der Waals surface area (Å²) in [5.41, 5.74) is 5.54. The Hall–Kier alpha value is -1.58. The largest absolute Gasteiger partial charge is 0.493 e. The Morgan fingerprint density at radius 3 is 2.85 bits per heavy atom. The van der Waals surface area contributed by atoms with Gasteiger partial charge < -0.3 is 10.5 Å².